The van der Waals surface area contributed by atoms with Gasteiger partial charge in [-0.25, -0.2) is 4.79 Å². The fourth-order valence-electron chi connectivity index (χ4n) is 4.65. The minimum atomic E-state index is -1.13. The Morgan fingerprint density at radius 2 is 1.45 bits per heavy atom. The van der Waals surface area contributed by atoms with Crippen molar-refractivity contribution in [2.24, 2.45) is 0 Å². The van der Waals surface area contributed by atoms with Crippen molar-refractivity contribution in [3.63, 3.8) is 0 Å². The Balaban J connectivity index is 2.02. The lowest BCUT2D eigenvalue weighted by Crippen LogP contribution is -2.54. The third kappa shape index (κ3) is 9.94. The van der Waals surface area contributed by atoms with Crippen LogP contribution >= 0.6 is 0 Å². The summed E-state index contributed by atoms with van der Waals surface area (Å²) >= 11 is 0. The first-order chi connectivity index (χ1) is 20.1. The number of carbonyl (C=O) groups is 3. The molecule has 3 N–H and O–H groups in total. The summed E-state index contributed by atoms with van der Waals surface area (Å²) in [6.07, 6.45) is 1.86. The highest BCUT2D eigenvalue weighted by Gasteiger charge is 2.37. The van der Waals surface area contributed by atoms with Gasteiger partial charge < -0.3 is 25.4 Å². The number of hydrogen-bond acceptors (Lipinski definition) is 5. The second kappa shape index (κ2) is 15.6. The maximum atomic E-state index is 14.4. The number of ether oxygens (including phenoxy) is 1. The van der Waals surface area contributed by atoms with Gasteiger partial charge in [-0.2, -0.15) is 0 Å². The smallest absolute Gasteiger partial charge is 0.408 e. The number of aromatic hydroxyl groups is 1. The van der Waals surface area contributed by atoms with Gasteiger partial charge in [0.1, 0.15) is 23.4 Å². The summed E-state index contributed by atoms with van der Waals surface area (Å²) in [5.74, 6) is -0.963. The summed E-state index contributed by atoms with van der Waals surface area (Å²) in [6.45, 7) is 7.83. The third-order valence-corrected chi connectivity index (χ3v) is 6.66. The van der Waals surface area contributed by atoms with Crippen molar-refractivity contribution >= 4 is 17.9 Å². The lowest BCUT2D eigenvalue weighted by Gasteiger charge is -2.35. The van der Waals surface area contributed by atoms with Crippen LogP contribution in [0.5, 0.6) is 5.75 Å². The van der Waals surface area contributed by atoms with Gasteiger partial charge >= 0.3 is 6.09 Å². The highest BCUT2D eigenvalue weighted by molar-refractivity contribution is 5.92. The van der Waals surface area contributed by atoms with Gasteiger partial charge in [0.15, 0.2) is 0 Å². The molecular weight excluding hydrogens is 530 g/mol. The van der Waals surface area contributed by atoms with Crippen LogP contribution in [0, 0.1) is 0 Å². The molecule has 2 unspecified atom stereocenters. The van der Waals surface area contributed by atoms with Crippen molar-refractivity contribution < 1.29 is 24.2 Å². The fourth-order valence-corrected chi connectivity index (χ4v) is 4.65. The van der Waals surface area contributed by atoms with Crippen LogP contribution in [0.2, 0.25) is 0 Å². The van der Waals surface area contributed by atoms with Crippen molar-refractivity contribution in [3.8, 4) is 5.75 Å². The molecule has 0 aliphatic rings. The molecule has 8 nitrogen and oxygen atoms in total. The number of benzene rings is 3. The molecule has 0 aliphatic carbocycles. The number of nitrogens with one attached hydrogen (secondary N) is 2. The number of rotatable bonds is 13. The van der Waals surface area contributed by atoms with Crippen LogP contribution in [-0.2, 0) is 27.3 Å². The van der Waals surface area contributed by atoms with Gasteiger partial charge in [0.05, 0.1) is 0 Å². The lowest BCUT2D eigenvalue weighted by molar-refractivity contribution is -0.142. The molecule has 0 saturated carbocycles. The molecule has 0 heterocycles. The Labute approximate surface area is 249 Å². The van der Waals surface area contributed by atoms with E-state index in [9.17, 15) is 19.5 Å². The monoisotopic (exact) mass is 573 g/mol. The van der Waals surface area contributed by atoms with E-state index < -0.39 is 35.6 Å². The van der Waals surface area contributed by atoms with Crippen molar-refractivity contribution in [2.45, 2.75) is 77.6 Å². The molecule has 8 heteroatoms. The normalized spacial score (nSPS) is 12.6. The minimum Gasteiger partial charge on any atom is -0.508 e. The molecule has 0 fully saturated rings. The number of amides is 3. The summed E-state index contributed by atoms with van der Waals surface area (Å²) in [6, 6.07) is 23.3. The zero-order valence-electron chi connectivity index (χ0n) is 25.0. The molecule has 3 amide bonds. The van der Waals surface area contributed by atoms with Crippen molar-refractivity contribution in [2.75, 3.05) is 6.54 Å². The van der Waals surface area contributed by atoms with Crippen LogP contribution in [0.1, 0.15) is 69.7 Å². The largest absolute Gasteiger partial charge is 0.508 e. The van der Waals surface area contributed by atoms with Crippen LogP contribution < -0.4 is 10.6 Å². The highest BCUT2D eigenvalue weighted by Crippen LogP contribution is 2.30. The van der Waals surface area contributed by atoms with E-state index in [2.05, 4.69) is 17.6 Å². The van der Waals surface area contributed by atoms with Crippen molar-refractivity contribution in [1.82, 2.24) is 15.5 Å². The minimum absolute atomic E-state index is 0.0923. The standard InChI is InChI=1S/C34H43N3O5/c1-5-6-15-22-37(32(40)28(23-25-16-9-7-10-17-25)36-33(41)42-34(2,3)4)30(27-20-13-14-21-29(27)38)31(39)35-24-26-18-11-8-12-19-26/h7-14,16-21,28,30,38H,5-6,15,22-24H2,1-4H3,(H,35,39)(H,36,41). The van der Waals surface area contributed by atoms with E-state index in [1.54, 1.807) is 39.0 Å². The summed E-state index contributed by atoms with van der Waals surface area (Å²) in [7, 11) is 0. The maximum Gasteiger partial charge on any atom is 0.408 e. The fraction of sp³-hybridized carbons (Fsp3) is 0.382. The van der Waals surface area contributed by atoms with Crippen LogP contribution in [-0.4, -0.2) is 46.1 Å². The zero-order chi connectivity index (χ0) is 30.5. The molecule has 0 bridgehead atoms. The molecule has 0 aliphatic heterocycles. The molecule has 0 aromatic heterocycles. The Morgan fingerprint density at radius 3 is 2.05 bits per heavy atom. The SMILES string of the molecule is CCCCCN(C(=O)C(Cc1ccccc1)NC(=O)OC(C)(C)C)C(C(=O)NCc1ccccc1)c1ccccc1O. The lowest BCUT2D eigenvalue weighted by atomic mass is 9.99. The Hall–Kier alpha value is -4.33. The van der Waals surface area contributed by atoms with E-state index in [-0.39, 0.29) is 25.3 Å². The molecule has 3 aromatic rings. The first-order valence-electron chi connectivity index (χ1n) is 14.5. The van der Waals surface area contributed by atoms with E-state index in [4.69, 9.17) is 4.74 Å². The molecule has 224 valence electrons. The summed E-state index contributed by atoms with van der Waals surface area (Å²) in [5, 5.41) is 16.6. The molecule has 2 atom stereocenters. The predicted molar refractivity (Wildman–Crippen MR) is 164 cm³/mol. The number of unbranched alkanes of at least 4 members (excludes halogenated alkanes) is 2. The molecular formula is C34H43N3O5. The van der Waals surface area contributed by atoms with Crippen LogP contribution in [0.25, 0.3) is 0 Å². The van der Waals surface area contributed by atoms with Crippen LogP contribution in [0.15, 0.2) is 84.9 Å². The van der Waals surface area contributed by atoms with Gasteiger partial charge in [-0.15, -0.1) is 0 Å². The molecule has 42 heavy (non-hydrogen) atoms. The average molecular weight is 574 g/mol. The van der Waals surface area contributed by atoms with Gasteiger partial charge in [0.2, 0.25) is 11.8 Å². The molecule has 0 radical (unpaired) electrons. The number of para-hydroxylation sites is 1. The number of phenols is 1. The average Bonchev–Trinajstić information content (AvgIpc) is 2.96. The summed E-state index contributed by atoms with van der Waals surface area (Å²) in [4.78, 5) is 42.7. The second-order valence-corrected chi connectivity index (χ2v) is 11.3. The second-order valence-electron chi connectivity index (χ2n) is 11.3. The summed E-state index contributed by atoms with van der Waals surface area (Å²) in [5.41, 5.74) is 1.29. The molecule has 0 spiro atoms. The first kappa shape index (κ1) is 32.2. The maximum absolute atomic E-state index is 14.4. The van der Waals surface area contributed by atoms with Gasteiger partial charge in [-0.3, -0.25) is 9.59 Å². The highest BCUT2D eigenvalue weighted by atomic mass is 16.6. The molecule has 0 saturated heterocycles. The van der Waals surface area contributed by atoms with Crippen molar-refractivity contribution in [3.05, 3.63) is 102 Å². The Bertz CT molecular complexity index is 1290. The van der Waals surface area contributed by atoms with Gasteiger partial charge in [-0.1, -0.05) is 98.6 Å². The topological polar surface area (TPSA) is 108 Å². The van der Waals surface area contributed by atoms with E-state index in [1.165, 1.54) is 11.0 Å². The van der Waals surface area contributed by atoms with E-state index in [0.29, 0.717) is 12.0 Å². The number of phenolic OH excluding ortho intramolecular Hbond substituents is 1. The van der Waals surface area contributed by atoms with Gasteiger partial charge in [-0.05, 0) is 44.4 Å². The number of nitrogens with zero attached hydrogens (tertiary/aromatic N) is 1. The van der Waals surface area contributed by atoms with E-state index in [0.717, 1.165) is 24.0 Å². The quantitative estimate of drug-likeness (QED) is 0.221. The third-order valence-electron chi connectivity index (χ3n) is 6.66. The van der Waals surface area contributed by atoms with Gasteiger partial charge in [0.25, 0.3) is 0 Å². The van der Waals surface area contributed by atoms with Crippen molar-refractivity contribution in [1.29, 1.82) is 0 Å². The van der Waals surface area contributed by atoms with E-state index in [1.807, 2.05) is 60.7 Å². The van der Waals surface area contributed by atoms with Gasteiger partial charge in [0, 0.05) is 25.1 Å². The number of alkyl carbamates (subject to hydrolysis) is 1. The Morgan fingerprint density at radius 1 is 0.857 bits per heavy atom. The molecule has 3 rings (SSSR count). The number of hydrogen-bond donors (Lipinski definition) is 3. The number of carbonyl (C=O) groups excluding carboxylic acids is 3. The summed E-state index contributed by atoms with van der Waals surface area (Å²) < 4.78 is 5.49. The van der Waals surface area contributed by atoms with E-state index >= 15 is 0 Å². The van der Waals surface area contributed by atoms with Crippen LogP contribution in [0.3, 0.4) is 0 Å². The Kier molecular flexibility index (Phi) is 12.0. The predicted octanol–water partition coefficient (Wildman–Crippen LogP) is 5.90. The van der Waals surface area contributed by atoms with Crippen LogP contribution in [0.4, 0.5) is 4.79 Å². The molecule has 3 aromatic carbocycles. The first-order valence-corrected chi connectivity index (χ1v) is 14.5. The zero-order valence-corrected chi connectivity index (χ0v) is 25.0.